The van der Waals surface area contributed by atoms with Crippen LogP contribution in [0.3, 0.4) is 0 Å². The number of ketones is 2. The second kappa shape index (κ2) is 6.69. The summed E-state index contributed by atoms with van der Waals surface area (Å²) in [5.74, 6) is -2.40. The van der Waals surface area contributed by atoms with E-state index >= 15 is 0 Å². The third-order valence-corrected chi connectivity index (χ3v) is 2.75. The predicted octanol–water partition coefficient (Wildman–Crippen LogP) is 2.33. The topological polar surface area (TPSA) is 71.4 Å². The summed E-state index contributed by atoms with van der Waals surface area (Å²) in [6, 6.07) is 8.51. The van der Waals surface area contributed by atoms with E-state index in [4.69, 9.17) is 5.11 Å². The monoisotopic (exact) mass is 248 g/mol. The maximum absolute atomic E-state index is 11.9. The highest BCUT2D eigenvalue weighted by atomic mass is 16.4. The highest BCUT2D eigenvalue weighted by molar-refractivity contribution is 5.98. The van der Waals surface area contributed by atoms with Crippen LogP contribution in [0, 0.1) is 5.92 Å². The van der Waals surface area contributed by atoms with Crippen LogP contribution in [-0.2, 0) is 9.59 Å². The van der Waals surface area contributed by atoms with Gasteiger partial charge in [-0.2, -0.15) is 0 Å². The molecule has 4 nitrogen and oxygen atoms in total. The molecule has 1 aromatic carbocycles. The number of hydrogen-bond donors (Lipinski definition) is 1. The van der Waals surface area contributed by atoms with Crippen molar-refractivity contribution in [1.29, 1.82) is 0 Å². The Labute approximate surface area is 106 Å². The number of Topliss-reactive ketones (excluding diaryl/α,β-unsaturated/α-hetero) is 2. The molecule has 96 valence electrons. The molecule has 18 heavy (non-hydrogen) atoms. The van der Waals surface area contributed by atoms with Crippen molar-refractivity contribution in [3.05, 3.63) is 35.9 Å². The average molecular weight is 248 g/mol. The fraction of sp³-hybridized carbons (Fsp3) is 0.357. The molecule has 0 saturated carbocycles. The van der Waals surface area contributed by atoms with Crippen molar-refractivity contribution >= 4 is 17.5 Å². The quantitative estimate of drug-likeness (QED) is 0.752. The standard InChI is InChI=1S/C14H16O4/c1-2-12(15)8-11(14(17)18)9-13(16)10-6-4-3-5-7-10/h3-7,11H,2,8-9H2,1H3,(H,17,18). The van der Waals surface area contributed by atoms with E-state index in [1.807, 2.05) is 0 Å². The number of carbonyl (C=O) groups excluding carboxylic acids is 2. The van der Waals surface area contributed by atoms with Gasteiger partial charge in [0, 0.05) is 24.8 Å². The van der Waals surface area contributed by atoms with E-state index in [0.29, 0.717) is 12.0 Å². The number of carboxylic acids is 1. The summed E-state index contributed by atoms with van der Waals surface area (Å²) in [7, 11) is 0. The zero-order chi connectivity index (χ0) is 13.5. The Morgan fingerprint density at radius 1 is 1.11 bits per heavy atom. The van der Waals surface area contributed by atoms with Crippen LogP contribution in [0.2, 0.25) is 0 Å². The fourth-order valence-electron chi connectivity index (χ4n) is 1.63. The van der Waals surface area contributed by atoms with Gasteiger partial charge in [0.2, 0.25) is 0 Å². The number of benzene rings is 1. The molecule has 0 bridgehead atoms. The Hall–Kier alpha value is -1.97. The summed E-state index contributed by atoms with van der Waals surface area (Å²) >= 11 is 0. The number of aliphatic carboxylic acids is 1. The van der Waals surface area contributed by atoms with E-state index in [1.165, 1.54) is 0 Å². The molecule has 0 heterocycles. The van der Waals surface area contributed by atoms with Crippen molar-refractivity contribution in [2.75, 3.05) is 0 Å². The van der Waals surface area contributed by atoms with Gasteiger partial charge >= 0.3 is 5.97 Å². The Bertz CT molecular complexity index is 436. The summed E-state index contributed by atoms with van der Waals surface area (Å²) < 4.78 is 0. The summed E-state index contributed by atoms with van der Waals surface area (Å²) in [5, 5.41) is 9.01. The molecular weight excluding hydrogens is 232 g/mol. The average Bonchev–Trinajstić information content (AvgIpc) is 2.38. The predicted molar refractivity (Wildman–Crippen MR) is 66.4 cm³/mol. The second-order valence-electron chi connectivity index (χ2n) is 4.12. The fourth-order valence-corrected chi connectivity index (χ4v) is 1.63. The maximum Gasteiger partial charge on any atom is 0.307 e. The van der Waals surface area contributed by atoms with Gasteiger partial charge in [0.25, 0.3) is 0 Å². The molecule has 1 atom stereocenters. The van der Waals surface area contributed by atoms with Gasteiger partial charge in [-0.15, -0.1) is 0 Å². The number of carboxylic acid groups (broad SMARTS) is 1. The molecule has 1 unspecified atom stereocenters. The van der Waals surface area contributed by atoms with Crippen molar-refractivity contribution < 1.29 is 19.5 Å². The molecule has 0 saturated heterocycles. The maximum atomic E-state index is 11.9. The van der Waals surface area contributed by atoms with Crippen LogP contribution in [0.1, 0.15) is 36.5 Å². The van der Waals surface area contributed by atoms with Gasteiger partial charge in [0.05, 0.1) is 5.92 Å². The first-order valence-corrected chi connectivity index (χ1v) is 5.87. The molecule has 0 fully saturated rings. The largest absolute Gasteiger partial charge is 0.481 e. The minimum Gasteiger partial charge on any atom is -0.481 e. The molecule has 1 aromatic rings. The summed E-state index contributed by atoms with van der Waals surface area (Å²) in [6.07, 6.45) is 0.0821. The lowest BCUT2D eigenvalue weighted by molar-refractivity contribution is -0.143. The lowest BCUT2D eigenvalue weighted by atomic mass is 9.93. The van der Waals surface area contributed by atoms with Gasteiger partial charge in [-0.05, 0) is 0 Å². The molecule has 0 radical (unpaired) electrons. The Morgan fingerprint density at radius 3 is 2.22 bits per heavy atom. The van der Waals surface area contributed by atoms with Gasteiger partial charge in [0.15, 0.2) is 5.78 Å². The summed E-state index contributed by atoms with van der Waals surface area (Å²) in [4.78, 5) is 34.1. The third kappa shape index (κ3) is 4.13. The molecule has 0 aliphatic carbocycles. The van der Waals surface area contributed by atoms with Crippen molar-refractivity contribution in [2.45, 2.75) is 26.2 Å². The first kappa shape index (κ1) is 14.1. The Morgan fingerprint density at radius 2 is 1.72 bits per heavy atom. The number of carbonyl (C=O) groups is 3. The van der Waals surface area contributed by atoms with Gasteiger partial charge in [0.1, 0.15) is 5.78 Å². The van der Waals surface area contributed by atoms with Crippen LogP contribution in [0.15, 0.2) is 30.3 Å². The molecule has 4 heteroatoms. The van der Waals surface area contributed by atoms with Crippen molar-refractivity contribution in [1.82, 2.24) is 0 Å². The molecule has 1 N–H and O–H groups in total. The van der Waals surface area contributed by atoms with Crippen molar-refractivity contribution in [2.24, 2.45) is 5.92 Å². The Balaban J connectivity index is 2.70. The molecule has 0 aromatic heterocycles. The van der Waals surface area contributed by atoms with Gasteiger partial charge in [-0.1, -0.05) is 37.3 Å². The van der Waals surface area contributed by atoms with E-state index in [-0.39, 0.29) is 24.4 Å². The molecule has 1 rings (SSSR count). The van der Waals surface area contributed by atoms with Crippen LogP contribution in [0.25, 0.3) is 0 Å². The smallest absolute Gasteiger partial charge is 0.307 e. The Kier molecular flexibility index (Phi) is 5.24. The van der Waals surface area contributed by atoms with E-state index in [0.717, 1.165) is 0 Å². The first-order valence-electron chi connectivity index (χ1n) is 5.87. The van der Waals surface area contributed by atoms with E-state index < -0.39 is 11.9 Å². The first-order chi connectivity index (χ1) is 8.54. The van der Waals surface area contributed by atoms with Gasteiger partial charge in [-0.3, -0.25) is 14.4 Å². The normalized spacial score (nSPS) is 11.8. The molecule has 0 aliphatic heterocycles. The minimum absolute atomic E-state index is 0.0790. The highest BCUT2D eigenvalue weighted by Gasteiger charge is 2.24. The number of hydrogen-bond acceptors (Lipinski definition) is 3. The van der Waals surface area contributed by atoms with E-state index in [9.17, 15) is 14.4 Å². The zero-order valence-electron chi connectivity index (χ0n) is 10.3. The minimum atomic E-state index is -1.10. The van der Waals surface area contributed by atoms with E-state index in [2.05, 4.69) is 0 Å². The highest BCUT2D eigenvalue weighted by Crippen LogP contribution is 2.15. The van der Waals surface area contributed by atoms with Crippen LogP contribution in [0.5, 0.6) is 0 Å². The zero-order valence-corrected chi connectivity index (χ0v) is 10.3. The van der Waals surface area contributed by atoms with Crippen LogP contribution >= 0.6 is 0 Å². The second-order valence-corrected chi connectivity index (χ2v) is 4.12. The van der Waals surface area contributed by atoms with E-state index in [1.54, 1.807) is 37.3 Å². The van der Waals surface area contributed by atoms with Crippen molar-refractivity contribution in [3.63, 3.8) is 0 Å². The molecule has 0 spiro atoms. The summed E-state index contributed by atoms with van der Waals surface area (Å²) in [6.45, 7) is 1.68. The van der Waals surface area contributed by atoms with Crippen LogP contribution in [-0.4, -0.2) is 22.6 Å². The van der Waals surface area contributed by atoms with Crippen LogP contribution < -0.4 is 0 Å². The lowest BCUT2D eigenvalue weighted by Gasteiger charge is -2.10. The molecule has 0 aliphatic rings. The SMILES string of the molecule is CCC(=O)CC(CC(=O)c1ccccc1)C(=O)O. The number of rotatable bonds is 7. The lowest BCUT2D eigenvalue weighted by Crippen LogP contribution is -2.21. The van der Waals surface area contributed by atoms with Crippen molar-refractivity contribution in [3.8, 4) is 0 Å². The summed E-state index contributed by atoms with van der Waals surface area (Å²) in [5.41, 5.74) is 0.479. The van der Waals surface area contributed by atoms with Crippen LogP contribution in [0.4, 0.5) is 0 Å². The van der Waals surface area contributed by atoms with Gasteiger partial charge in [-0.25, -0.2) is 0 Å². The molecule has 0 amide bonds. The van der Waals surface area contributed by atoms with Gasteiger partial charge < -0.3 is 5.11 Å². The third-order valence-electron chi connectivity index (χ3n) is 2.75. The molecular formula is C14H16O4.